The predicted molar refractivity (Wildman–Crippen MR) is 146 cm³/mol. The molecule has 2 aliphatic rings. The summed E-state index contributed by atoms with van der Waals surface area (Å²) >= 11 is 0. The number of imidazole rings is 1. The Labute approximate surface area is 235 Å². The number of Topliss-reactive ketones (excluding diaryl/α,β-unsaturated/α-hetero) is 1. The van der Waals surface area contributed by atoms with Crippen LogP contribution in [0.3, 0.4) is 0 Å². The van der Waals surface area contributed by atoms with Crippen LogP contribution >= 0.6 is 0 Å². The zero-order valence-corrected chi connectivity index (χ0v) is 23.1. The van der Waals surface area contributed by atoms with E-state index in [9.17, 15) is 18.4 Å². The maximum Gasteiger partial charge on any atom is 0.282 e. The SMILES string of the molecule is CCn1nccc1C(=O)C[C@H](c1nc2nc(-c3cnccc3C(=O)N3CC(F)(F)C3)ncc2[nH]1)C1CCC(C)CC1. The maximum atomic E-state index is 13.4. The van der Waals surface area contributed by atoms with E-state index in [0.29, 0.717) is 53.0 Å². The van der Waals surface area contributed by atoms with Gasteiger partial charge in [-0.05, 0) is 43.7 Å². The van der Waals surface area contributed by atoms with Crippen LogP contribution in [0.2, 0.25) is 0 Å². The molecule has 0 unspecified atom stereocenters. The van der Waals surface area contributed by atoms with Gasteiger partial charge >= 0.3 is 0 Å². The molecule has 214 valence electrons. The van der Waals surface area contributed by atoms with Gasteiger partial charge in [0.1, 0.15) is 17.0 Å². The van der Waals surface area contributed by atoms with Gasteiger partial charge < -0.3 is 9.88 Å². The molecule has 6 rings (SSSR count). The molecule has 1 amide bonds. The molecule has 10 nitrogen and oxygen atoms in total. The van der Waals surface area contributed by atoms with Gasteiger partial charge in [-0.1, -0.05) is 19.8 Å². The topological polar surface area (TPSA) is 123 Å². The number of carbonyl (C=O) groups excluding carboxylic acids is 2. The van der Waals surface area contributed by atoms with E-state index < -0.39 is 24.9 Å². The van der Waals surface area contributed by atoms with Crippen LogP contribution < -0.4 is 0 Å². The molecular weight excluding hydrogens is 530 g/mol. The number of aromatic nitrogens is 7. The van der Waals surface area contributed by atoms with E-state index in [2.05, 4.69) is 32.0 Å². The Hall–Kier alpha value is -4.09. The van der Waals surface area contributed by atoms with Gasteiger partial charge in [0.15, 0.2) is 17.3 Å². The van der Waals surface area contributed by atoms with Crippen molar-refractivity contribution in [2.75, 3.05) is 13.1 Å². The highest BCUT2D eigenvalue weighted by Crippen LogP contribution is 2.40. The van der Waals surface area contributed by atoms with E-state index in [4.69, 9.17) is 4.98 Å². The van der Waals surface area contributed by atoms with Crippen LogP contribution in [0, 0.1) is 11.8 Å². The molecule has 0 aromatic carbocycles. The summed E-state index contributed by atoms with van der Waals surface area (Å²) in [6.45, 7) is 3.60. The quantitative estimate of drug-likeness (QED) is 0.303. The number of halogens is 2. The largest absolute Gasteiger partial charge is 0.339 e. The Morgan fingerprint density at radius 2 is 1.88 bits per heavy atom. The molecule has 5 heterocycles. The van der Waals surface area contributed by atoms with Gasteiger partial charge in [-0.15, -0.1) is 0 Å². The molecule has 12 heteroatoms. The van der Waals surface area contributed by atoms with Gasteiger partial charge in [-0.3, -0.25) is 19.3 Å². The number of ketones is 1. The lowest BCUT2D eigenvalue weighted by Crippen LogP contribution is -2.58. The summed E-state index contributed by atoms with van der Waals surface area (Å²) in [5.41, 5.74) is 2.16. The number of carbonyl (C=O) groups is 2. The van der Waals surface area contributed by atoms with Gasteiger partial charge in [-0.2, -0.15) is 5.10 Å². The minimum atomic E-state index is -2.87. The van der Waals surface area contributed by atoms with Crippen molar-refractivity contribution < 1.29 is 18.4 Å². The van der Waals surface area contributed by atoms with E-state index in [1.807, 2.05) is 6.92 Å². The molecule has 1 aliphatic heterocycles. The number of nitrogens with one attached hydrogen (secondary N) is 1. The third kappa shape index (κ3) is 5.34. The number of likely N-dealkylation sites (tertiary alicyclic amines) is 1. The first-order valence-electron chi connectivity index (χ1n) is 14.1. The first kappa shape index (κ1) is 27.1. The Balaban J connectivity index is 1.31. The number of hydrogen-bond donors (Lipinski definition) is 1. The van der Waals surface area contributed by atoms with Crippen LogP contribution in [0.1, 0.15) is 78.5 Å². The number of pyridine rings is 1. The second kappa shape index (κ2) is 10.7. The molecular formula is C29H32F2N8O2. The minimum Gasteiger partial charge on any atom is -0.339 e. The van der Waals surface area contributed by atoms with Crippen LogP contribution in [-0.4, -0.2) is 70.3 Å². The van der Waals surface area contributed by atoms with Crippen LogP contribution in [0.5, 0.6) is 0 Å². The molecule has 41 heavy (non-hydrogen) atoms. The molecule has 0 bridgehead atoms. The van der Waals surface area contributed by atoms with Crippen LogP contribution in [0.25, 0.3) is 22.6 Å². The number of rotatable bonds is 8. The van der Waals surface area contributed by atoms with Crippen LogP contribution in [0.15, 0.2) is 36.9 Å². The number of amides is 1. The Kier molecular flexibility index (Phi) is 7.08. The smallest absolute Gasteiger partial charge is 0.282 e. The van der Waals surface area contributed by atoms with Crippen LogP contribution in [-0.2, 0) is 6.54 Å². The van der Waals surface area contributed by atoms with Crippen molar-refractivity contribution in [1.82, 2.24) is 39.6 Å². The van der Waals surface area contributed by atoms with Crippen molar-refractivity contribution >= 4 is 22.9 Å². The highest BCUT2D eigenvalue weighted by molar-refractivity contribution is 6.00. The molecule has 1 saturated carbocycles. The van der Waals surface area contributed by atoms with E-state index in [0.717, 1.165) is 30.6 Å². The van der Waals surface area contributed by atoms with Crippen molar-refractivity contribution in [2.45, 2.75) is 64.3 Å². The van der Waals surface area contributed by atoms with Gasteiger partial charge in [-0.25, -0.2) is 23.7 Å². The minimum absolute atomic E-state index is 0.0234. The Morgan fingerprint density at radius 1 is 1.10 bits per heavy atom. The highest BCUT2D eigenvalue weighted by atomic mass is 19.3. The van der Waals surface area contributed by atoms with E-state index in [1.54, 1.807) is 23.1 Å². The molecule has 0 spiro atoms. The fourth-order valence-electron chi connectivity index (χ4n) is 6.02. The van der Waals surface area contributed by atoms with Crippen molar-refractivity contribution in [1.29, 1.82) is 0 Å². The summed E-state index contributed by atoms with van der Waals surface area (Å²) in [5.74, 6) is -1.63. The molecule has 1 N–H and O–H groups in total. The lowest BCUT2D eigenvalue weighted by molar-refractivity contribution is -0.113. The first-order chi connectivity index (χ1) is 19.7. The zero-order valence-electron chi connectivity index (χ0n) is 23.1. The molecule has 1 aliphatic carbocycles. The van der Waals surface area contributed by atoms with Gasteiger partial charge in [0.05, 0.1) is 30.4 Å². The van der Waals surface area contributed by atoms with Crippen molar-refractivity contribution in [3.63, 3.8) is 0 Å². The summed E-state index contributed by atoms with van der Waals surface area (Å²) in [4.78, 5) is 48.9. The molecule has 1 atom stereocenters. The summed E-state index contributed by atoms with van der Waals surface area (Å²) in [6, 6.07) is 3.25. The fraction of sp³-hybridized carbons (Fsp3) is 0.483. The number of nitrogens with zero attached hydrogens (tertiary/aromatic N) is 7. The second-order valence-electron chi connectivity index (χ2n) is 11.3. The third-order valence-electron chi connectivity index (χ3n) is 8.37. The normalized spacial score (nSPS) is 21.0. The number of aryl methyl sites for hydroxylation is 1. The second-order valence-corrected chi connectivity index (χ2v) is 11.3. The molecule has 2 fully saturated rings. The summed E-state index contributed by atoms with van der Waals surface area (Å²) in [6.07, 6.45) is 10.7. The Morgan fingerprint density at radius 3 is 2.61 bits per heavy atom. The van der Waals surface area contributed by atoms with Crippen molar-refractivity contribution in [3.8, 4) is 11.4 Å². The maximum absolute atomic E-state index is 13.4. The van der Waals surface area contributed by atoms with Crippen molar-refractivity contribution in [3.05, 3.63) is 54.0 Å². The third-order valence-corrected chi connectivity index (χ3v) is 8.37. The standard InChI is InChI=1S/C29H32F2N8O2/c1-3-39-23(9-11-34-39)24(40)12-20(18-6-4-17(2)5-7-18)26-35-22-14-33-25(36-27(22)37-26)21-13-32-10-8-19(21)28(41)38-15-29(30,31)16-38/h8-11,13-14,17-18,20H,3-7,12,15-16H2,1-2H3,(H,33,35,36,37)/t17?,18?,20-/m0/s1. The lowest BCUT2D eigenvalue weighted by atomic mass is 9.74. The number of H-pyrrole nitrogens is 1. The van der Waals surface area contributed by atoms with Gasteiger partial charge in [0, 0.05) is 37.5 Å². The van der Waals surface area contributed by atoms with Gasteiger partial charge in [0.25, 0.3) is 11.8 Å². The lowest BCUT2D eigenvalue weighted by Gasteiger charge is -2.38. The number of aromatic amines is 1. The predicted octanol–water partition coefficient (Wildman–Crippen LogP) is 4.91. The average Bonchev–Trinajstić information content (AvgIpc) is 3.61. The highest BCUT2D eigenvalue weighted by Gasteiger charge is 2.46. The van der Waals surface area contributed by atoms with E-state index in [-0.39, 0.29) is 23.1 Å². The fourth-order valence-corrected chi connectivity index (χ4v) is 6.02. The number of hydrogen-bond acceptors (Lipinski definition) is 7. The first-order valence-corrected chi connectivity index (χ1v) is 14.1. The number of fused-ring (bicyclic) bond motifs is 1. The van der Waals surface area contributed by atoms with Crippen LogP contribution in [0.4, 0.5) is 8.78 Å². The van der Waals surface area contributed by atoms with E-state index >= 15 is 0 Å². The van der Waals surface area contributed by atoms with E-state index in [1.165, 1.54) is 18.5 Å². The molecule has 0 radical (unpaired) electrons. The zero-order chi connectivity index (χ0) is 28.7. The number of alkyl halides is 2. The summed E-state index contributed by atoms with van der Waals surface area (Å²) < 4.78 is 28.5. The monoisotopic (exact) mass is 562 g/mol. The average molecular weight is 563 g/mol. The molecule has 4 aromatic rings. The summed E-state index contributed by atoms with van der Waals surface area (Å²) in [7, 11) is 0. The molecule has 1 saturated heterocycles. The van der Waals surface area contributed by atoms with Gasteiger partial charge in [0.2, 0.25) is 0 Å². The van der Waals surface area contributed by atoms with Crippen molar-refractivity contribution in [2.24, 2.45) is 11.8 Å². The Bertz CT molecular complexity index is 1580. The summed E-state index contributed by atoms with van der Waals surface area (Å²) in [5, 5.41) is 4.26. The molecule has 4 aromatic heterocycles.